The summed E-state index contributed by atoms with van der Waals surface area (Å²) < 4.78 is 13.2. The topological polar surface area (TPSA) is 12.0 Å². The van der Waals surface area contributed by atoms with Crippen LogP contribution in [-0.2, 0) is 6.54 Å². The van der Waals surface area contributed by atoms with Crippen LogP contribution in [0.3, 0.4) is 0 Å². The van der Waals surface area contributed by atoms with Gasteiger partial charge in [-0.15, -0.1) is 0 Å². The van der Waals surface area contributed by atoms with Gasteiger partial charge in [-0.3, -0.25) is 0 Å². The molecule has 0 aliphatic heterocycles. The summed E-state index contributed by atoms with van der Waals surface area (Å²) >= 11 is 6.26. The summed E-state index contributed by atoms with van der Waals surface area (Å²) in [6, 6.07) is 12.4. The highest BCUT2D eigenvalue weighted by Crippen LogP contribution is 2.26. The molecule has 1 N–H and O–H groups in total. The van der Waals surface area contributed by atoms with Crippen LogP contribution >= 0.6 is 11.6 Å². The van der Waals surface area contributed by atoms with E-state index in [-0.39, 0.29) is 5.82 Å². The van der Waals surface area contributed by atoms with Crippen LogP contribution in [0, 0.1) is 5.82 Å². The second-order valence-electron chi connectivity index (χ2n) is 4.49. The van der Waals surface area contributed by atoms with Gasteiger partial charge in [0.25, 0.3) is 0 Å². The van der Waals surface area contributed by atoms with E-state index in [9.17, 15) is 4.39 Å². The second kappa shape index (κ2) is 6.69. The minimum absolute atomic E-state index is 0.234. The van der Waals surface area contributed by atoms with E-state index >= 15 is 0 Å². The zero-order valence-electron chi connectivity index (χ0n) is 10.9. The Balaban J connectivity index is 2.19. The van der Waals surface area contributed by atoms with Gasteiger partial charge in [0, 0.05) is 11.6 Å². The van der Waals surface area contributed by atoms with E-state index in [4.69, 9.17) is 11.6 Å². The second-order valence-corrected chi connectivity index (χ2v) is 4.90. The Labute approximate surface area is 118 Å². The fraction of sp³-hybridized carbons (Fsp3) is 0.250. The quantitative estimate of drug-likeness (QED) is 0.785. The van der Waals surface area contributed by atoms with Crippen LogP contribution in [0.15, 0.2) is 42.5 Å². The van der Waals surface area contributed by atoms with Crippen LogP contribution in [0.25, 0.3) is 11.1 Å². The number of hydrogen-bond acceptors (Lipinski definition) is 1. The summed E-state index contributed by atoms with van der Waals surface area (Å²) in [5, 5.41) is 4.03. The lowest BCUT2D eigenvalue weighted by atomic mass is 10.0. The normalized spacial score (nSPS) is 10.7. The molecule has 0 bridgehead atoms. The maximum atomic E-state index is 13.2. The molecule has 0 radical (unpaired) electrons. The van der Waals surface area contributed by atoms with Crippen LogP contribution in [-0.4, -0.2) is 6.54 Å². The van der Waals surface area contributed by atoms with Gasteiger partial charge in [0.1, 0.15) is 5.82 Å². The van der Waals surface area contributed by atoms with Gasteiger partial charge in [0.2, 0.25) is 0 Å². The Morgan fingerprint density at radius 1 is 1.11 bits per heavy atom. The molecule has 0 saturated heterocycles. The maximum Gasteiger partial charge on any atom is 0.123 e. The van der Waals surface area contributed by atoms with Crippen LogP contribution in [0.2, 0.25) is 5.02 Å². The van der Waals surface area contributed by atoms with Gasteiger partial charge in [-0.1, -0.05) is 42.8 Å². The minimum atomic E-state index is -0.234. The third-order valence-corrected chi connectivity index (χ3v) is 3.31. The maximum absolute atomic E-state index is 13.2. The summed E-state index contributed by atoms with van der Waals surface area (Å²) in [4.78, 5) is 0. The monoisotopic (exact) mass is 277 g/mol. The molecule has 2 aromatic carbocycles. The number of halogens is 2. The van der Waals surface area contributed by atoms with Crippen molar-refractivity contribution in [2.75, 3.05) is 6.54 Å². The lowest BCUT2D eigenvalue weighted by molar-refractivity contribution is 0.628. The predicted molar refractivity (Wildman–Crippen MR) is 78.8 cm³/mol. The van der Waals surface area contributed by atoms with Crippen LogP contribution in [0.4, 0.5) is 4.39 Å². The van der Waals surface area contributed by atoms with E-state index in [1.807, 2.05) is 24.3 Å². The zero-order valence-corrected chi connectivity index (χ0v) is 11.7. The molecule has 0 aliphatic carbocycles. The van der Waals surface area contributed by atoms with E-state index in [0.29, 0.717) is 5.02 Å². The Bertz CT molecular complexity index is 554. The summed E-state index contributed by atoms with van der Waals surface area (Å²) in [5.41, 5.74) is 2.84. The predicted octanol–water partition coefficient (Wildman–Crippen LogP) is 4.65. The molecule has 0 spiro atoms. The molecule has 2 aromatic rings. The number of hydrogen-bond donors (Lipinski definition) is 1. The van der Waals surface area contributed by atoms with Gasteiger partial charge < -0.3 is 5.32 Å². The molecule has 0 amide bonds. The first-order chi connectivity index (χ1) is 9.20. The molecule has 100 valence electrons. The lowest BCUT2D eigenvalue weighted by Gasteiger charge is -2.08. The van der Waals surface area contributed by atoms with Crippen molar-refractivity contribution in [1.29, 1.82) is 0 Å². The Hall–Kier alpha value is -1.38. The summed E-state index contributed by atoms with van der Waals surface area (Å²) in [5.74, 6) is -0.234. The third kappa shape index (κ3) is 3.79. The highest BCUT2D eigenvalue weighted by molar-refractivity contribution is 6.31. The molecule has 19 heavy (non-hydrogen) atoms. The smallest absolute Gasteiger partial charge is 0.123 e. The molecule has 0 unspecified atom stereocenters. The van der Waals surface area contributed by atoms with Crippen molar-refractivity contribution >= 4 is 11.6 Å². The van der Waals surface area contributed by atoms with Crippen LogP contribution < -0.4 is 5.32 Å². The summed E-state index contributed by atoms with van der Waals surface area (Å²) in [6.45, 7) is 3.86. The molecule has 2 rings (SSSR count). The van der Waals surface area contributed by atoms with Crippen LogP contribution in [0.1, 0.15) is 18.9 Å². The zero-order chi connectivity index (χ0) is 13.7. The highest BCUT2D eigenvalue weighted by atomic mass is 35.5. The van der Waals surface area contributed by atoms with E-state index in [1.54, 1.807) is 6.07 Å². The molecule has 0 aromatic heterocycles. The Morgan fingerprint density at radius 2 is 1.89 bits per heavy atom. The SMILES string of the molecule is CCCNCc1ccc(-c2cccc(F)c2)cc1Cl. The Kier molecular flexibility index (Phi) is 4.94. The van der Waals surface area contributed by atoms with Gasteiger partial charge in [0.15, 0.2) is 0 Å². The van der Waals surface area contributed by atoms with E-state index in [0.717, 1.165) is 36.2 Å². The van der Waals surface area contributed by atoms with Crippen molar-refractivity contribution in [1.82, 2.24) is 5.32 Å². The molecule has 1 nitrogen and oxygen atoms in total. The summed E-state index contributed by atoms with van der Waals surface area (Å²) in [7, 11) is 0. The average Bonchev–Trinajstić information content (AvgIpc) is 2.41. The molecular weight excluding hydrogens is 261 g/mol. The van der Waals surface area contributed by atoms with Gasteiger partial charge in [-0.2, -0.15) is 0 Å². The van der Waals surface area contributed by atoms with Crippen molar-refractivity contribution in [3.05, 3.63) is 58.9 Å². The van der Waals surface area contributed by atoms with Crippen molar-refractivity contribution < 1.29 is 4.39 Å². The van der Waals surface area contributed by atoms with Crippen molar-refractivity contribution in [2.24, 2.45) is 0 Å². The first-order valence-corrected chi connectivity index (χ1v) is 6.83. The van der Waals surface area contributed by atoms with Gasteiger partial charge in [-0.05, 0) is 47.9 Å². The first-order valence-electron chi connectivity index (χ1n) is 6.46. The Morgan fingerprint density at radius 3 is 2.58 bits per heavy atom. The van der Waals surface area contributed by atoms with Crippen molar-refractivity contribution in [3.63, 3.8) is 0 Å². The van der Waals surface area contributed by atoms with Gasteiger partial charge in [0.05, 0.1) is 0 Å². The lowest BCUT2D eigenvalue weighted by Crippen LogP contribution is -2.13. The fourth-order valence-corrected chi connectivity index (χ4v) is 2.19. The molecule has 3 heteroatoms. The summed E-state index contributed by atoms with van der Waals surface area (Å²) in [6.07, 6.45) is 1.10. The van der Waals surface area contributed by atoms with E-state index in [1.165, 1.54) is 12.1 Å². The standard InChI is InChI=1S/C16H17ClFN/c1-2-8-19-11-14-7-6-13(10-16(14)17)12-4-3-5-15(18)9-12/h3-7,9-10,19H,2,8,11H2,1H3. The number of rotatable bonds is 5. The van der Waals surface area contributed by atoms with Crippen LogP contribution in [0.5, 0.6) is 0 Å². The van der Waals surface area contributed by atoms with E-state index in [2.05, 4.69) is 12.2 Å². The molecule has 0 aliphatic rings. The molecule has 0 saturated carbocycles. The third-order valence-electron chi connectivity index (χ3n) is 2.95. The molecule has 0 heterocycles. The molecule has 0 fully saturated rings. The number of benzene rings is 2. The first kappa shape index (κ1) is 14.0. The fourth-order valence-electron chi connectivity index (χ4n) is 1.94. The van der Waals surface area contributed by atoms with E-state index < -0.39 is 0 Å². The molecular formula is C16H17ClFN. The largest absolute Gasteiger partial charge is 0.313 e. The van der Waals surface area contributed by atoms with Gasteiger partial charge >= 0.3 is 0 Å². The van der Waals surface area contributed by atoms with Crippen molar-refractivity contribution in [2.45, 2.75) is 19.9 Å². The highest BCUT2D eigenvalue weighted by Gasteiger charge is 2.04. The average molecular weight is 278 g/mol. The van der Waals surface area contributed by atoms with Gasteiger partial charge in [-0.25, -0.2) is 4.39 Å². The van der Waals surface area contributed by atoms with Crippen molar-refractivity contribution in [3.8, 4) is 11.1 Å². The minimum Gasteiger partial charge on any atom is -0.313 e. The number of nitrogens with one attached hydrogen (secondary N) is 1. The molecule has 0 atom stereocenters.